The van der Waals surface area contributed by atoms with E-state index in [4.69, 9.17) is 0 Å². The maximum Gasteiger partial charge on any atom is 0.433 e. The molecule has 1 heterocycles. The minimum absolute atomic E-state index is 0.0348. The van der Waals surface area contributed by atoms with Crippen LogP contribution in [0.25, 0.3) is 0 Å². The molecule has 1 atom stereocenters. The van der Waals surface area contributed by atoms with Crippen molar-refractivity contribution in [3.05, 3.63) is 11.8 Å². The molecule has 0 radical (unpaired) electrons. The number of hydrogen-bond donors (Lipinski definition) is 2. The fourth-order valence-electron chi connectivity index (χ4n) is 1.95. The smallest absolute Gasteiger partial charge is 0.370 e. The number of anilines is 2. The summed E-state index contributed by atoms with van der Waals surface area (Å²) in [6.45, 7) is 4.91. The van der Waals surface area contributed by atoms with Crippen LogP contribution in [0, 0.1) is 11.3 Å². The van der Waals surface area contributed by atoms with Crippen molar-refractivity contribution in [2.75, 3.05) is 24.2 Å². The van der Waals surface area contributed by atoms with Crippen molar-refractivity contribution in [2.24, 2.45) is 11.3 Å². The van der Waals surface area contributed by atoms with Crippen LogP contribution >= 0.6 is 0 Å². The Kier molecular flexibility index (Phi) is 3.32. The van der Waals surface area contributed by atoms with Crippen molar-refractivity contribution >= 4 is 11.8 Å². The van der Waals surface area contributed by atoms with Crippen molar-refractivity contribution in [3.8, 4) is 0 Å². The van der Waals surface area contributed by atoms with E-state index in [1.165, 1.54) is 7.05 Å². The van der Waals surface area contributed by atoms with Gasteiger partial charge in [-0.15, -0.1) is 0 Å². The maximum atomic E-state index is 12.7. The Balaban J connectivity index is 2.11. The fourth-order valence-corrected chi connectivity index (χ4v) is 1.95. The van der Waals surface area contributed by atoms with Gasteiger partial charge in [0.05, 0.1) is 0 Å². The van der Waals surface area contributed by atoms with Crippen molar-refractivity contribution in [1.29, 1.82) is 0 Å². The predicted octanol–water partition coefficient (Wildman–Crippen LogP) is 3.00. The third-order valence-electron chi connectivity index (χ3n) is 3.49. The first-order valence-electron chi connectivity index (χ1n) is 6.10. The third kappa shape index (κ3) is 3.27. The summed E-state index contributed by atoms with van der Waals surface area (Å²) in [6.07, 6.45) is -3.39. The summed E-state index contributed by atoms with van der Waals surface area (Å²) in [4.78, 5) is 7.39. The van der Waals surface area contributed by atoms with Gasteiger partial charge in [0.1, 0.15) is 5.82 Å². The minimum atomic E-state index is -4.47. The Morgan fingerprint density at radius 3 is 2.47 bits per heavy atom. The molecular formula is C12H17F3N4. The Morgan fingerprint density at radius 1 is 1.37 bits per heavy atom. The number of nitrogens with zero attached hydrogens (tertiary/aromatic N) is 2. The molecule has 106 valence electrons. The first-order valence-corrected chi connectivity index (χ1v) is 6.10. The number of aromatic nitrogens is 2. The summed E-state index contributed by atoms with van der Waals surface area (Å²) in [5.74, 6) is 0.650. The summed E-state index contributed by atoms with van der Waals surface area (Å²) in [6, 6.07) is 0.941. The molecule has 1 fully saturated rings. The number of nitrogens with one attached hydrogen (secondary N) is 2. The van der Waals surface area contributed by atoms with E-state index in [1.807, 2.05) is 0 Å². The number of rotatable bonds is 4. The van der Waals surface area contributed by atoms with E-state index < -0.39 is 11.9 Å². The molecule has 1 aromatic rings. The van der Waals surface area contributed by atoms with Gasteiger partial charge in [-0.1, -0.05) is 13.8 Å². The van der Waals surface area contributed by atoms with E-state index in [1.54, 1.807) is 0 Å². The summed E-state index contributed by atoms with van der Waals surface area (Å²) < 4.78 is 38.0. The molecule has 1 aliphatic rings. The van der Waals surface area contributed by atoms with Crippen LogP contribution in [-0.2, 0) is 6.18 Å². The van der Waals surface area contributed by atoms with Gasteiger partial charge in [0.2, 0.25) is 5.95 Å². The molecule has 1 aromatic heterocycles. The molecule has 1 aliphatic carbocycles. The molecule has 4 nitrogen and oxygen atoms in total. The lowest BCUT2D eigenvalue weighted by atomic mass is 10.1. The molecule has 1 unspecified atom stereocenters. The van der Waals surface area contributed by atoms with Crippen molar-refractivity contribution < 1.29 is 13.2 Å². The van der Waals surface area contributed by atoms with Crippen LogP contribution in [0.3, 0.4) is 0 Å². The van der Waals surface area contributed by atoms with Gasteiger partial charge < -0.3 is 10.6 Å². The minimum Gasteiger partial charge on any atom is -0.370 e. The fraction of sp³-hybridized carbons (Fsp3) is 0.667. The monoisotopic (exact) mass is 274 g/mol. The Bertz CT molecular complexity index is 471. The average molecular weight is 274 g/mol. The lowest BCUT2D eigenvalue weighted by Crippen LogP contribution is -2.14. The highest BCUT2D eigenvalue weighted by molar-refractivity contribution is 5.43. The van der Waals surface area contributed by atoms with Gasteiger partial charge in [-0.3, -0.25) is 0 Å². The molecule has 0 saturated heterocycles. The molecule has 2 rings (SSSR count). The zero-order valence-corrected chi connectivity index (χ0v) is 11.1. The molecule has 0 spiro atoms. The van der Waals surface area contributed by atoms with Crippen molar-refractivity contribution in [2.45, 2.75) is 26.4 Å². The highest BCUT2D eigenvalue weighted by Crippen LogP contribution is 2.51. The molecule has 19 heavy (non-hydrogen) atoms. The van der Waals surface area contributed by atoms with Crippen molar-refractivity contribution in [1.82, 2.24) is 9.97 Å². The quantitative estimate of drug-likeness (QED) is 0.886. The average Bonchev–Trinajstić information content (AvgIpc) is 2.93. The van der Waals surface area contributed by atoms with Crippen LogP contribution in [0.4, 0.5) is 24.9 Å². The van der Waals surface area contributed by atoms with E-state index in [0.717, 1.165) is 12.5 Å². The van der Waals surface area contributed by atoms with Gasteiger partial charge in [-0.25, -0.2) is 4.98 Å². The zero-order valence-electron chi connectivity index (χ0n) is 11.1. The number of halogens is 3. The SMILES string of the molecule is CNc1nc(NCC2CC2(C)C)cc(C(F)(F)F)n1. The molecular weight excluding hydrogens is 257 g/mol. The Hall–Kier alpha value is -1.53. The van der Waals surface area contributed by atoms with Gasteiger partial charge in [-0.2, -0.15) is 18.2 Å². The second kappa shape index (κ2) is 4.54. The van der Waals surface area contributed by atoms with E-state index in [2.05, 4.69) is 34.4 Å². The second-order valence-electron chi connectivity index (χ2n) is 5.48. The summed E-state index contributed by atoms with van der Waals surface area (Å²) >= 11 is 0. The molecule has 0 aliphatic heterocycles. The van der Waals surface area contributed by atoms with E-state index >= 15 is 0 Å². The maximum absolute atomic E-state index is 12.7. The summed E-state index contributed by atoms with van der Waals surface area (Å²) in [5, 5.41) is 5.50. The zero-order chi connectivity index (χ0) is 14.3. The van der Waals surface area contributed by atoms with E-state index in [9.17, 15) is 13.2 Å². The van der Waals surface area contributed by atoms with Gasteiger partial charge >= 0.3 is 6.18 Å². The standard InChI is InChI=1S/C12H17F3N4/c1-11(2)5-7(11)6-17-9-4-8(12(13,14)15)18-10(16-3)19-9/h4,7H,5-6H2,1-3H3,(H2,16,17,18,19). The van der Waals surface area contributed by atoms with Crippen LogP contribution < -0.4 is 10.6 Å². The molecule has 2 N–H and O–H groups in total. The van der Waals surface area contributed by atoms with Crippen molar-refractivity contribution in [3.63, 3.8) is 0 Å². The first kappa shape index (κ1) is 13.9. The molecule has 7 heteroatoms. The molecule has 0 aromatic carbocycles. The third-order valence-corrected chi connectivity index (χ3v) is 3.49. The lowest BCUT2D eigenvalue weighted by molar-refractivity contribution is -0.141. The molecule has 1 saturated carbocycles. The summed E-state index contributed by atoms with van der Waals surface area (Å²) in [7, 11) is 1.49. The lowest BCUT2D eigenvalue weighted by Gasteiger charge is -2.12. The van der Waals surface area contributed by atoms with Gasteiger partial charge in [0.25, 0.3) is 0 Å². The Labute approximate surface area is 109 Å². The number of alkyl halides is 3. The van der Waals surface area contributed by atoms with Gasteiger partial charge in [-0.05, 0) is 17.8 Å². The van der Waals surface area contributed by atoms with Crippen LogP contribution in [-0.4, -0.2) is 23.6 Å². The highest BCUT2D eigenvalue weighted by Gasteiger charge is 2.45. The normalized spacial score (nSPS) is 21.1. The topological polar surface area (TPSA) is 49.8 Å². The largest absolute Gasteiger partial charge is 0.433 e. The highest BCUT2D eigenvalue weighted by atomic mass is 19.4. The van der Waals surface area contributed by atoms with Crippen LogP contribution in [0.2, 0.25) is 0 Å². The summed E-state index contributed by atoms with van der Waals surface area (Å²) in [5.41, 5.74) is -0.664. The first-order chi connectivity index (χ1) is 8.72. The Morgan fingerprint density at radius 2 is 2.00 bits per heavy atom. The van der Waals surface area contributed by atoms with Crippen LogP contribution in [0.1, 0.15) is 26.0 Å². The van der Waals surface area contributed by atoms with Crippen LogP contribution in [0.5, 0.6) is 0 Å². The molecule has 0 bridgehead atoms. The second-order valence-corrected chi connectivity index (χ2v) is 5.48. The van der Waals surface area contributed by atoms with Crippen LogP contribution in [0.15, 0.2) is 6.07 Å². The van der Waals surface area contributed by atoms with E-state index in [-0.39, 0.29) is 17.2 Å². The van der Waals surface area contributed by atoms with Gasteiger partial charge in [0.15, 0.2) is 5.69 Å². The molecule has 0 amide bonds. The van der Waals surface area contributed by atoms with E-state index in [0.29, 0.717) is 12.5 Å². The van der Waals surface area contributed by atoms with Gasteiger partial charge in [0, 0.05) is 19.7 Å². The number of hydrogen-bond acceptors (Lipinski definition) is 4. The predicted molar refractivity (Wildman–Crippen MR) is 67.0 cm³/mol.